The quantitative estimate of drug-likeness (QED) is 0.252. The Bertz CT molecular complexity index is 1870. The second-order valence-electron chi connectivity index (χ2n) is 16.0. The molecule has 0 spiro atoms. The normalized spacial score (nSPS) is 27.6. The fourth-order valence-corrected chi connectivity index (χ4v) is 8.98. The molecule has 0 radical (unpaired) electrons. The number of sulfonamides is 1. The van der Waals surface area contributed by atoms with Crippen molar-refractivity contribution in [2.75, 3.05) is 13.2 Å². The number of pyridine rings is 1. The van der Waals surface area contributed by atoms with Crippen molar-refractivity contribution in [2.45, 2.75) is 102 Å². The minimum atomic E-state index is -3.85. The molecule has 3 fully saturated rings. The van der Waals surface area contributed by atoms with E-state index in [0.717, 1.165) is 36.0 Å². The van der Waals surface area contributed by atoms with Crippen molar-refractivity contribution in [1.29, 1.82) is 0 Å². The summed E-state index contributed by atoms with van der Waals surface area (Å²) in [5, 5.41) is -0.603. The first-order valence-electron chi connectivity index (χ1n) is 18.8. The molecule has 11 nitrogen and oxygen atoms in total. The van der Waals surface area contributed by atoms with Gasteiger partial charge in [0.1, 0.15) is 6.10 Å². The van der Waals surface area contributed by atoms with Gasteiger partial charge in [0.2, 0.25) is 27.7 Å². The van der Waals surface area contributed by atoms with Crippen LogP contribution >= 0.6 is 0 Å². The van der Waals surface area contributed by atoms with Gasteiger partial charge in [-0.2, -0.15) is 0 Å². The smallest absolute Gasteiger partial charge is 0.306 e. The van der Waals surface area contributed by atoms with E-state index in [4.69, 9.17) is 9.47 Å². The zero-order valence-electron chi connectivity index (χ0n) is 30.9. The molecule has 2 amide bonds. The molecule has 2 aliphatic heterocycles. The molecular weight excluding hydrogens is 695 g/mol. The molecule has 1 aromatic carbocycles. The van der Waals surface area contributed by atoms with Gasteiger partial charge < -0.3 is 14.4 Å². The summed E-state index contributed by atoms with van der Waals surface area (Å²) in [5.41, 5.74) is 0.764. The Morgan fingerprint density at radius 2 is 1.85 bits per heavy atom. The number of ether oxygens (including phenoxy) is 2. The molecule has 2 aliphatic carbocycles. The fraction of sp³-hybridized carbons (Fsp3) is 0.537. The van der Waals surface area contributed by atoms with E-state index in [1.54, 1.807) is 12.3 Å². The van der Waals surface area contributed by atoms with Crippen LogP contribution in [0.1, 0.15) is 90.5 Å². The Labute approximate surface area is 312 Å². The minimum absolute atomic E-state index is 0.0530. The monoisotopic (exact) mass is 745 g/mol. The Morgan fingerprint density at radius 1 is 1.09 bits per heavy atom. The molecule has 12 heteroatoms. The second kappa shape index (κ2) is 15.6. The zero-order valence-corrected chi connectivity index (χ0v) is 31.7. The molecule has 2 bridgehead atoms. The number of benzene rings is 1. The summed E-state index contributed by atoms with van der Waals surface area (Å²) >= 11 is 0. The van der Waals surface area contributed by atoms with Crippen LogP contribution in [0.25, 0.3) is 17.2 Å². The highest BCUT2D eigenvalue weighted by Gasteiger charge is 2.61. The molecular formula is C41H51N3O8S. The van der Waals surface area contributed by atoms with E-state index in [-0.39, 0.29) is 50.5 Å². The number of hydrogen-bond acceptors (Lipinski definition) is 9. The molecule has 2 aromatic rings. The van der Waals surface area contributed by atoms with Crippen LogP contribution in [0.15, 0.2) is 61.3 Å². The third-order valence-electron chi connectivity index (χ3n) is 11.1. The number of amides is 2. The number of fused-ring (bicyclic) bond motifs is 3. The van der Waals surface area contributed by atoms with Gasteiger partial charge in [0.15, 0.2) is 5.78 Å². The molecule has 4 aliphatic rings. The van der Waals surface area contributed by atoms with E-state index in [2.05, 4.69) is 22.4 Å². The van der Waals surface area contributed by atoms with Gasteiger partial charge in [-0.3, -0.25) is 23.9 Å². The van der Waals surface area contributed by atoms with Crippen LogP contribution in [0.3, 0.4) is 0 Å². The Kier molecular flexibility index (Phi) is 11.3. The van der Waals surface area contributed by atoms with E-state index in [1.165, 1.54) is 4.90 Å². The predicted octanol–water partition coefficient (Wildman–Crippen LogP) is 6.04. The average molecular weight is 746 g/mol. The average Bonchev–Trinajstić information content (AvgIpc) is 4.05. The molecule has 3 heterocycles. The topological polar surface area (TPSA) is 149 Å². The second-order valence-corrected chi connectivity index (χ2v) is 18.0. The zero-order chi connectivity index (χ0) is 38.0. The minimum Gasteiger partial charge on any atom is -0.472 e. The lowest BCUT2D eigenvalue weighted by Crippen LogP contribution is -2.48. The molecule has 5 atom stereocenters. The van der Waals surface area contributed by atoms with Crippen LogP contribution in [0.4, 0.5) is 0 Å². The largest absolute Gasteiger partial charge is 0.472 e. The molecule has 53 heavy (non-hydrogen) atoms. The van der Waals surface area contributed by atoms with E-state index in [0.29, 0.717) is 25.1 Å². The van der Waals surface area contributed by atoms with Crippen LogP contribution in [0.5, 0.6) is 5.88 Å². The van der Waals surface area contributed by atoms with Gasteiger partial charge in [-0.1, -0.05) is 69.3 Å². The van der Waals surface area contributed by atoms with Gasteiger partial charge in [0.05, 0.1) is 42.2 Å². The van der Waals surface area contributed by atoms with Crippen molar-refractivity contribution in [3.8, 4) is 17.0 Å². The summed E-state index contributed by atoms with van der Waals surface area (Å²) in [6, 6.07) is 10.9. The van der Waals surface area contributed by atoms with E-state index in [1.807, 2.05) is 63.2 Å². The first-order valence-corrected chi connectivity index (χ1v) is 20.3. The number of nitrogens with one attached hydrogen (secondary N) is 1. The van der Waals surface area contributed by atoms with Crippen LogP contribution in [0.2, 0.25) is 0 Å². The van der Waals surface area contributed by atoms with Crippen molar-refractivity contribution < 1.29 is 37.1 Å². The number of cyclic esters (lactones) is 1. The molecule has 284 valence electrons. The van der Waals surface area contributed by atoms with E-state index in [9.17, 15) is 27.6 Å². The predicted molar refractivity (Wildman–Crippen MR) is 201 cm³/mol. The number of esters is 1. The lowest BCUT2D eigenvalue weighted by molar-refractivity contribution is -0.153. The van der Waals surface area contributed by atoms with Crippen LogP contribution in [-0.2, 0) is 33.9 Å². The Morgan fingerprint density at radius 3 is 2.53 bits per heavy atom. The molecule has 0 unspecified atom stereocenters. The van der Waals surface area contributed by atoms with Crippen molar-refractivity contribution >= 4 is 39.7 Å². The number of hydrogen-bond donors (Lipinski definition) is 1. The first kappa shape index (κ1) is 38.4. The highest BCUT2D eigenvalue weighted by Crippen LogP contribution is 2.57. The third kappa shape index (κ3) is 8.74. The highest BCUT2D eigenvalue weighted by atomic mass is 32.2. The fourth-order valence-electron chi connectivity index (χ4n) is 7.59. The van der Waals surface area contributed by atoms with Crippen molar-refractivity contribution in [2.24, 2.45) is 22.7 Å². The summed E-state index contributed by atoms with van der Waals surface area (Å²) in [7, 11) is -3.85. The number of nitrogens with zero attached hydrogens (tertiary/aromatic N) is 2. The summed E-state index contributed by atoms with van der Waals surface area (Å²) in [6.45, 7) is 9.78. The summed E-state index contributed by atoms with van der Waals surface area (Å²) in [5.74, 6) is -2.75. The number of aromatic nitrogens is 1. The number of carbonyl (C=O) groups excluding carboxylic acids is 4. The number of ketones is 1. The number of rotatable bonds is 8. The maximum absolute atomic E-state index is 14.6. The lowest BCUT2D eigenvalue weighted by Gasteiger charge is -2.34. The Hall–Kier alpha value is -4.32. The number of Topliss-reactive ketones (excluding diaryl/α,β-unsaturated/α-hetero) is 1. The summed E-state index contributed by atoms with van der Waals surface area (Å²) in [4.78, 5) is 61.8. The standard InChI is InChI=1S/C41H51N3O8S/c1-5-28-24-41(28,39(48)43-53(49,50)30-17-18-30)25-35(45)34-22-29-26-44(34)38(47)33(40(2,3)4)23-36(46)51-21-13-8-6-7-12-16-32-31(19-20-42-37(32)52-29)27-14-10-9-11-15-27/h5,9-12,14-16,19-20,28-30,33-34H,1,6-8,13,17-18,21-26H2,2-4H3,(H,43,48)/b16-12+/t28-,29-,33-,34+,41-/m1/s1. The highest BCUT2D eigenvalue weighted by molar-refractivity contribution is 7.90. The SMILES string of the molecule is C=C[C@@H]1C[C@]1(CC(=O)[C@@H]1C[C@@H]2CN1C(=O)[C@H](C(C)(C)C)CC(=O)OCCCCC/C=C/c1c(-c3ccccc3)ccnc1O2)C(=O)NS(=O)(=O)C1CC1. The maximum Gasteiger partial charge on any atom is 0.306 e. The van der Waals surface area contributed by atoms with Crippen molar-refractivity contribution in [3.05, 3.63) is 66.9 Å². The van der Waals surface area contributed by atoms with Gasteiger partial charge >= 0.3 is 5.97 Å². The summed E-state index contributed by atoms with van der Waals surface area (Å²) < 4.78 is 39.9. The molecule has 1 N–H and O–H groups in total. The van der Waals surface area contributed by atoms with Crippen LogP contribution < -0.4 is 9.46 Å². The summed E-state index contributed by atoms with van der Waals surface area (Å²) in [6.07, 6.45) is 10.9. The maximum atomic E-state index is 14.6. The first-order chi connectivity index (χ1) is 25.2. The van der Waals surface area contributed by atoms with Gasteiger partial charge in [0.25, 0.3) is 0 Å². The van der Waals surface area contributed by atoms with Crippen LogP contribution in [0, 0.1) is 22.7 Å². The molecule has 6 rings (SSSR count). The van der Waals surface area contributed by atoms with Gasteiger partial charge in [-0.25, -0.2) is 13.4 Å². The van der Waals surface area contributed by atoms with E-state index >= 15 is 0 Å². The number of carbonyl (C=O) groups is 4. The Balaban J connectivity index is 1.34. The van der Waals surface area contributed by atoms with Gasteiger partial charge in [-0.05, 0) is 73.5 Å². The van der Waals surface area contributed by atoms with Gasteiger partial charge in [0, 0.05) is 24.6 Å². The van der Waals surface area contributed by atoms with Crippen molar-refractivity contribution in [1.82, 2.24) is 14.6 Å². The van der Waals surface area contributed by atoms with Crippen LogP contribution in [-0.4, -0.2) is 72.4 Å². The van der Waals surface area contributed by atoms with Gasteiger partial charge in [-0.15, -0.1) is 6.58 Å². The lowest BCUT2D eigenvalue weighted by atomic mass is 9.77. The molecule has 1 saturated heterocycles. The number of allylic oxidation sites excluding steroid dienone is 2. The van der Waals surface area contributed by atoms with E-state index < -0.39 is 62.0 Å². The van der Waals surface area contributed by atoms with Crippen molar-refractivity contribution in [3.63, 3.8) is 0 Å². The third-order valence-corrected chi connectivity index (χ3v) is 12.9. The molecule has 2 saturated carbocycles. The molecule has 1 aromatic heterocycles.